The van der Waals surface area contributed by atoms with Gasteiger partial charge in [0.1, 0.15) is 0 Å². The van der Waals surface area contributed by atoms with E-state index in [0.29, 0.717) is 43.7 Å². The predicted molar refractivity (Wildman–Crippen MR) is 138 cm³/mol. The maximum Gasteiger partial charge on any atom is 0.247 e. The minimum absolute atomic E-state index is 0.00819. The van der Waals surface area contributed by atoms with Crippen molar-refractivity contribution in [3.8, 4) is 11.5 Å². The number of likely N-dealkylation sites (tertiary alicyclic amines) is 1. The predicted octanol–water partition coefficient (Wildman–Crippen LogP) is 4.07. The molecule has 8 nitrogen and oxygen atoms in total. The van der Waals surface area contributed by atoms with Crippen LogP contribution in [0.4, 0.5) is 0 Å². The Balaban J connectivity index is 1.39. The fraction of sp³-hybridized carbons (Fsp3) is 0.379. The van der Waals surface area contributed by atoms with Crippen LogP contribution in [-0.4, -0.2) is 47.6 Å². The molecule has 2 aliphatic heterocycles. The van der Waals surface area contributed by atoms with Crippen LogP contribution in [0.1, 0.15) is 48.8 Å². The number of fused-ring (bicyclic) bond motifs is 1. The third-order valence-electron chi connectivity index (χ3n) is 7.34. The van der Waals surface area contributed by atoms with Gasteiger partial charge in [-0.05, 0) is 48.6 Å². The van der Waals surface area contributed by atoms with E-state index in [1.54, 1.807) is 19.2 Å². The fourth-order valence-electron chi connectivity index (χ4n) is 5.30. The topological polar surface area (TPSA) is 88.5 Å². The number of imide groups is 1. The summed E-state index contributed by atoms with van der Waals surface area (Å²) < 4.78 is 10.9. The number of carbonyl (C=O) groups excluding carboxylic acids is 3. The van der Waals surface area contributed by atoms with Crippen molar-refractivity contribution in [2.24, 2.45) is 16.9 Å². The van der Waals surface area contributed by atoms with Gasteiger partial charge in [-0.1, -0.05) is 36.4 Å². The summed E-state index contributed by atoms with van der Waals surface area (Å²) >= 11 is 0. The van der Waals surface area contributed by atoms with Crippen LogP contribution in [0.25, 0.3) is 0 Å². The second kappa shape index (κ2) is 10.6. The molecule has 0 bridgehead atoms. The molecule has 2 heterocycles. The van der Waals surface area contributed by atoms with Crippen molar-refractivity contribution in [2.45, 2.75) is 45.2 Å². The van der Waals surface area contributed by atoms with Gasteiger partial charge in [0.15, 0.2) is 11.5 Å². The van der Waals surface area contributed by atoms with Crippen molar-refractivity contribution in [3.05, 3.63) is 71.3 Å². The Kier molecular flexibility index (Phi) is 7.08. The normalized spacial score (nSPS) is 21.6. The number of methoxy groups -OCH3 is 2. The van der Waals surface area contributed by atoms with Crippen molar-refractivity contribution >= 4 is 23.4 Å². The quantitative estimate of drug-likeness (QED) is 0.422. The summed E-state index contributed by atoms with van der Waals surface area (Å²) in [6, 6.07) is 13.4. The molecule has 0 radical (unpaired) electrons. The van der Waals surface area contributed by atoms with Crippen LogP contribution in [0.5, 0.6) is 11.5 Å². The van der Waals surface area contributed by atoms with Crippen molar-refractivity contribution < 1.29 is 23.9 Å². The Morgan fingerprint density at radius 2 is 1.43 bits per heavy atom. The van der Waals surface area contributed by atoms with Crippen LogP contribution in [0.2, 0.25) is 0 Å². The SMILES string of the molecule is COc1ccc(C2=NN(Cc3ccc(CN4C(=O)CCCC4=O)cc3)C(=O)[C@@H]3CC=CC[C@H]23)cc1OC. The van der Waals surface area contributed by atoms with Crippen LogP contribution in [0.3, 0.4) is 0 Å². The van der Waals surface area contributed by atoms with Gasteiger partial charge < -0.3 is 9.47 Å². The number of ether oxygens (including phenoxy) is 2. The Hall–Kier alpha value is -3.94. The van der Waals surface area contributed by atoms with Gasteiger partial charge in [-0.3, -0.25) is 19.3 Å². The van der Waals surface area contributed by atoms with Crippen LogP contribution in [0.15, 0.2) is 59.7 Å². The Morgan fingerprint density at radius 1 is 0.811 bits per heavy atom. The number of hydrazone groups is 1. The molecule has 2 aromatic carbocycles. The number of hydrogen-bond donors (Lipinski definition) is 0. The van der Waals surface area contributed by atoms with E-state index in [-0.39, 0.29) is 36.1 Å². The first kappa shape index (κ1) is 24.7. The molecule has 0 saturated carbocycles. The highest BCUT2D eigenvalue weighted by molar-refractivity contribution is 6.07. The summed E-state index contributed by atoms with van der Waals surface area (Å²) in [5, 5.41) is 6.42. The molecule has 2 atom stereocenters. The molecule has 1 fully saturated rings. The Bertz CT molecular complexity index is 1250. The largest absolute Gasteiger partial charge is 0.493 e. The molecular formula is C29H31N3O5. The van der Waals surface area contributed by atoms with E-state index in [9.17, 15) is 14.4 Å². The molecule has 0 N–H and O–H groups in total. The highest BCUT2D eigenvalue weighted by Crippen LogP contribution is 2.37. The molecule has 8 heteroatoms. The van der Waals surface area contributed by atoms with Gasteiger partial charge in [0.05, 0.1) is 38.9 Å². The summed E-state index contributed by atoms with van der Waals surface area (Å²) in [6.07, 6.45) is 7.10. The molecule has 37 heavy (non-hydrogen) atoms. The molecule has 2 aromatic rings. The number of hydrogen-bond acceptors (Lipinski definition) is 6. The minimum Gasteiger partial charge on any atom is -0.493 e. The van der Waals surface area contributed by atoms with Gasteiger partial charge in [0.2, 0.25) is 17.7 Å². The molecule has 192 valence electrons. The number of carbonyl (C=O) groups is 3. The molecule has 0 spiro atoms. The molecule has 5 rings (SSSR count). The number of allylic oxidation sites excluding steroid dienone is 2. The molecule has 3 aliphatic rings. The lowest BCUT2D eigenvalue weighted by Gasteiger charge is -2.37. The van der Waals surface area contributed by atoms with E-state index in [4.69, 9.17) is 14.6 Å². The zero-order valence-electron chi connectivity index (χ0n) is 21.2. The molecule has 0 unspecified atom stereocenters. The van der Waals surface area contributed by atoms with E-state index < -0.39 is 0 Å². The fourth-order valence-corrected chi connectivity index (χ4v) is 5.30. The van der Waals surface area contributed by atoms with Crippen molar-refractivity contribution in [1.82, 2.24) is 9.91 Å². The first-order chi connectivity index (χ1) is 18.0. The van der Waals surface area contributed by atoms with Gasteiger partial charge in [-0.25, -0.2) is 5.01 Å². The van der Waals surface area contributed by atoms with E-state index in [2.05, 4.69) is 12.2 Å². The van der Waals surface area contributed by atoms with Gasteiger partial charge in [0.25, 0.3) is 0 Å². The number of piperidine rings is 1. The third kappa shape index (κ3) is 5.01. The number of amides is 3. The molecule has 0 aromatic heterocycles. The Morgan fingerprint density at radius 3 is 2.08 bits per heavy atom. The third-order valence-corrected chi connectivity index (χ3v) is 7.34. The van der Waals surface area contributed by atoms with Crippen molar-refractivity contribution in [3.63, 3.8) is 0 Å². The van der Waals surface area contributed by atoms with Crippen LogP contribution in [0, 0.1) is 11.8 Å². The lowest BCUT2D eigenvalue weighted by molar-refractivity contribution is -0.148. The Labute approximate surface area is 216 Å². The molecule has 3 amide bonds. The summed E-state index contributed by atoms with van der Waals surface area (Å²) in [4.78, 5) is 39.0. The van der Waals surface area contributed by atoms with Crippen LogP contribution < -0.4 is 9.47 Å². The summed E-state index contributed by atoms with van der Waals surface area (Å²) in [5.41, 5.74) is 3.58. The first-order valence-corrected chi connectivity index (χ1v) is 12.7. The second-order valence-corrected chi connectivity index (χ2v) is 9.65. The second-order valence-electron chi connectivity index (χ2n) is 9.65. The van der Waals surface area contributed by atoms with Gasteiger partial charge in [0, 0.05) is 24.3 Å². The van der Waals surface area contributed by atoms with Gasteiger partial charge in [-0.2, -0.15) is 5.10 Å². The number of rotatable bonds is 7. The number of nitrogens with zero attached hydrogens (tertiary/aromatic N) is 3. The van der Waals surface area contributed by atoms with Crippen molar-refractivity contribution in [2.75, 3.05) is 14.2 Å². The molecular weight excluding hydrogens is 470 g/mol. The lowest BCUT2D eigenvalue weighted by Crippen LogP contribution is -2.45. The average Bonchev–Trinajstić information content (AvgIpc) is 2.93. The lowest BCUT2D eigenvalue weighted by atomic mass is 9.76. The van der Waals surface area contributed by atoms with Crippen LogP contribution >= 0.6 is 0 Å². The highest BCUT2D eigenvalue weighted by atomic mass is 16.5. The molecule has 1 aliphatic carbocycles. The summed E-state index contributed by atoms with van der Waals surface area (Å²) in [7, 11) is 3.21. The minimum atomic E-state index is -0.166. The first-order valence-electron chi connectivity index (χ1n) is 12.7. The monoisotopic (exact) mass is 501 g/mol. The zero-order chi connectivity index (χ0) is 25.9. The maximum absolute atomic E-state index is 13.4. The highest BCUT2D eigenvalue weighted by Gasteiger charge is 2.40. The standard InChI is InChI=1S/C29H31N3O5/c1-36-24-15-14-21(16-25(24)37-2)28-22-6-3-4-7-23(22)29(35)32(30-28)18-20-12-10-19(11-13-20)17-31-26(33)8-5-9-27(31)34/h3-4,10-16,22-23H,5-9,17-18H2,1-2H3/t22-,23+/m0/s1. The van der Waals surface area contributed by atoms with E-state index in [1.165, 1.54) is 4.90 Å². The average molecular weight is 502 g/mol. The van der Waals surface area contributed by atoms with Gasteiger partial charge in [-0.15, -0.1) is 0 Å². The van der Waals surface area contributed by atoms with Crippen molar-refractivity contribution in [1.29, 1.82) is 0 Å². The summed E-state index contributed by atoms with van der Waals surface area (Å²) in [5.74, 6) is 0.890. The van der Waals surface area contributed by atoms with E-state index >= 15 is 0 Å². The maximum atomic E-state index is 13.4. The van der Waals surface area contributed by atoms with E-state index in [1.807, 2.05) is 42.5 Å². The summed E-state index contributed by atoms with van der Waals surface area (Å²) in [6.45, 7) is 0.614. The smallest absolute Gasteiger partial charge is 0.247 e. The number of benzene rings is 2. The van der Waals surface area contributed by atoms with Gasteiger partial charge >= 0.3 is 0 Å². The van der Waals surface area contributed by atoms with Crippen LogP contribution in [-0.2, 0) is 27.5 Å². The van der Waals surface area contributed by atoms with E-state index in [0.717, 1.165) is 28.8 Å². The molecule has 1 saturated heterocycles. The zero-order valence-corrected chi connectivity index (χ0v) is 21.2.